The van der Waals surface area contributed by atoms with E-state index < -0.39 is 12.0 Å². The molecule has 5 rings (SSSR count). The lowest BCUT2D eigenvalue weighted by Crippen LogP contribution is -2.47. The van der Waals surface area contributed by atoms with Crippen molar-refractivity contribution < 1.29 is 13.2 Å². The molecule has 0 amide bonds. The van der Waals surface area contributed by atoms with E-state index in [1.807, 2.05) is 29.2 Å². The molecule has 1 aliphatic heterocycles. The van der Waals surface area contributed by atoms with Crippen molar-refractivity contribution in [1.29, 1.82) is 0 Å². The molecule has 160 valence electrons. The average molecular weight is 465 g/mol. The molecule has 3 heterocycles. The molecule has 0 atom stereocenters. The number of nitrogens with zero attached hydrogens (tertiary/aromatic N) is 6. The number of fused-ring (bicyclic) bond motifs is 1. The molecule has 0 saturated carbocycles. The number of benzene rings is 2. The largest absolute Gasteiger partial charge is 0.452 e. The van der Waals surface area contributed by atoms with Crippen LogP contribution in [0.15, 0.2) is 48.5 Å². The van der Waals surface area contributed by atoms with E-state index in [9.17, 15) is 13.2 Å². The molecule has 1 fully saturated rings. The van der Waals surface area contributed by atoms with Gasteiger partial charge in [-0.3, -0.25) is 4.57 Å². The van der Waals surface area contributed by atoms with Crippen molar-refractivity contribution in [2.24, 2.45) is 0 Å². The molecule has 4 aromatic rings. The summed E-state index contributed by atoms with van der Waals surface area (Å²) in [6, 6.07) is 14.2. The standard InChI is InChI=1S/C20H16ClF3N6S/c21-13-5-7-14(8-6-13)30-18(20(22,23)24)25-26-19(30)29-11-9-28(10-12-29)17-15-3-1-2-4-16(15)31-27-17/h1-8H,9-12H2. The Morgan fingerprint density at radius 3 is 2.26 bits per heavy atom. The zero-order chi connectivity index (χ0) is 21.6. The first-order valence-corrected chi connectivity index (χ1v) is 10.7. The van der Waals surface area contributed by atoms with Crippen LogP contribution in [0.25, 0.3) is 15.8 Å². The van der Waals surface area contributed by atoms with Crippen molar-refractivity contribution in [2.45, 2.75) is 6.18 Å². The maximum absolute atomic E-state index is 13.6. The normalized spacial score (nSPS) is 15.1. The third kappa shape index (κ3) is 3.70. The molecule has 0 aliphatic carbocycles. The van der Waals surface area contributed by atoms with Crippen LogP contribution in [0.2, 0.25) is 5.02 Å². The van der Waals surface area contributed by atoms with Crippen molar-refractivity contribution in [2.75, 3.05) is 36.0 Å². The summed E-state index contributed by atoms with van der Waals surface area (Å²) < 4.78 is 47.6. The van der Waals surface area contributed by atoms with Gasteiger partial charge in [0.05, 0.1) is 10.4 Å². The van der Waals surface area contributed by atoms with E-state index in [0.717, 1.165) is 20.5 Å². The van der Waals surface area contributed by atoms with Gasteiger partial charge in [0.25, 0.3) is 0 Å². The Hall–Kier alpha value is -2.85. The second kappa shape index (κ2) is 7.69. The molecule has 0 spiro atoms. The second-order valence-corrected chi connectivity index (χ2v) is 8.35. The molecule has 31 heavy (non-hydrogen) atoms. The predicted octanol–water partition coefficient (Wildman–Crippen LogP) is 4.88. The van der Waals surface area contributed by atoms with Gasteiger partial charge in [0.2, 0.25) is 11.8 Å². The first-order chi connectivity index (χ1) is 14.9. The molecule has 0 radical (unpaired) electrons. The van der Waals surface area contributed by atoms with Crippen molar-refractivity contribution in [3.63, 3.8) is 0 Å². The van der Waals surface area contributed by atoms with Crippen LogP contribution in [0.4, 0.5) is 24.9 Å². The molecule has 0 bridgehead atoms. The quantitative estimate of drug-likeness (QED) is 0.432. The van der Waals surface area contributed by atoms with E-state index in [0.29, 0.717) is 36.9 Å². The van der Waals surface area contributed by atoms with Crippen molar-refractivity contribution in [3.05, 3.63) is 59.4 Å². The molecule has 11 heteroatoms. The molecule has 2 aromatic carbocycles. The van der Waals surface area contributed by atoms with E-state index in [2.05, 4.69) is 19.5 Å². The number of alkyl halides is 3. The lowest BCUT2D eigenvalue weighted by molar-refractivity contribution is -0.146. The molecule has 6 nitrogen and oxygen atoms in total. The fraction of sp³-hybridized carbons (Fsp3) is 0.250. The van der Waals surface area contributed by atoms with Gasteiger partial charge in [0.1, 0.15) is 5.82 Å². The molecule has 0 N–H and O–H groups in total. The van der Waals surface area contributed by atoms with Gasteiger partial charge in [-0.25, -0.2) is 0 Å². The van der Waals surface area contributed by atoms with Crippen LogP contribution in [0, 0.1) is 0 Å². The molecular weight excluding hydrogens is 449 g/mol. The highest BCUT2D eigenvalue weighted by molar-refractivity contribution is 7.13. The van der Waals surface area contributed by atoms with Crippen molar-refractivity contribution in [1.82, 2.24) is 19.1 Å². The van der Waals surface area contributed by atoms with Crippen LogP contribution < -0.4 is 9.80 Å². The van der Waals surface area contributed by atoms with Crippen LogP contribution in [-0.4, -0.2) is 45.3 Å². The van der Waals surface area contributed by atoms with Gasteiger partial charge < -0.3 is 9.80 Å². The summed E-state index contributed by atoms with van der Waals surface area (Å²) >= 11 is 7.36. The zero-order valence-electron chi connectivity index (χ0n) is 16.1. The van der Waals surface area contributed by atoms with Gasteiger partial charge in [-0.15, -0.1) is 10.2 Å². The van der Waals surface area contributed by atoms with E-state index >= 15 is 0 Å². The second-order valence-electron chi connectivity index (χ2n) is 7.11. The Morgan fingerprint density at radius 1 is 0.871 bits per heavy atom. The minimum absolute atomic E-state index is 0.164. The van der Waals surface area contributed by atoms with Gasteiger partial charge in [-0.2, -0.15) is 17.5 Å². The Bertz CT molecular complexity index is 1210. The van der Waals surface area contributed by atoms with Crippen LogP contribution >= 0.6 is 23.1 Å². The zero-order valence-corrected chi connectivity index (χ0v) is 17.6. The first-order valence-electron chi connectivity index (χ1n) is 9.55. The van der Waals surface area contributed by atoms with E-state index in [1.165, 1.54) is 23.7 Å². The summed E-state index contributed by atoms with van der Waals surface area (Å²) in [4.78, 5) is 3.98. The summed E-state index contributed by atoms with van der Waals surface area (Å²) in [6.07, 6.45) is -4.63. The third-order valence-corrected chi connectivity index (χ3v) is 6.27. The Kier molecular flexibility index (Phi) is 4.98. The van der Waals surface area contributed by atoms with Crippen LogP contribution in [-0.2, 0) is 6.18 Å². The maximum Gasteiger partial charge on any atom is 0.452 e. The Morgan fingerprint density at radius 2 is 1.55 bits per heavy atom. The Balaban J connectivity index is 1.44. The van der Waals surface area contributed by atoms with Gasteiger partial charge in [-0.1, -0.05) is 23.7 Å². The average Bonchev–Trinajstić information content (AvgIpc) is 3.39. The minimum Gasteiger partial charge on any atom is -0.352 e. The number of halogens is 4. The molecule has 2 aromatic heterocycles. The van der Waals surface area contributed by atoms with Crippen LogP contribution in [0.5, 0.6) is 0 Å². The summed E-state index contributed by atoms with van der Waals surface area (Å²) in [5, 5.41) is 8.89. The van der Waals surface area contributed by atoms with Crippen molar-refractivity contribution in [3.8, 4) is 5.69 Å². The van der Waals surface area contributed by atoms with E-state index in [4.69, 9.17) is 11.6 Å². The summed E-state index contributed by atoms with van der Waals surface area (Å²) in [5.41, 5.74) is 0.310. The third-order valence-electron chi connectivity index (χ3n) is 5.20. The van der Waals surface area contributed by atoms with Crippen molar-refractivity contribution >= 4 is 45.0 Å². The highest BCUT2D eigenvalue weighted by Gasteiger charge is 2.40. The summed E-state index contributed by atoms with van der Waals surface area (Å²) in [7, 11) is 0. The first kappa shape index (κ1) is 20.1. The number of hydrogen-bond donors (Lipinski definition) is 0. The van der Waals surface area contributed by atoms with E-state index in [-0.39, 0.29) is 5.95 Å². The number of hydrogen-bond acceptors (Lipinski definition) is 6. The minimum atomic E-state index is -4.63. The number of rotatable bonds is 3. The maximum atomic E-state index is 13.6. The smallest absolute Gasteiger partial charge is 0.352 e. The highest BCUT2D eigenvalue weighted by atomic mass is 35.5. The predicted molar refractivity (Wildman–Crippen MR) is 115 cm³/mol. The van der Waals surface area contributed by atoms with Crippen LogP contribution in [0.3, 0.4) is 0 Å². The molecular formula is C20H16ClF3N6S. The lowest BCUT2D eigenvalue weighted by atomic mass is 10.2. The number of piperazine rings is 1. The number of anilines is 2. The highest BCUT2D eigenvalue weighted by Crippen LogP contribution is 2.34. The Labute approximate surface area is 184 Å². The topological polar surface area (TPSA) is 50.1 Å². The SMILES string of the molecule is FC(F)(F)c1nnc(N2CCN(c3nsc4ccccc34)CC2)n1-c1ccc(Cl)cc1. The monoisotopic (exact) mass is 464 g/mol. The van der Waals surface area contributed by atoms with E-state index in [1.54, 1.807) is 12.1 Å². The molecule has 0 unspecified atom stereocenters. The van der Waals surface area contributed by atoms with Gasteiger partial charge in [0.15, 0.2) is 0 Å². The molecule has 1 saturated heterocycles. The summed E-state index contributed by atoms with van der Waals surface area (Å²) in [5.74, 6) is 0.0191. The summed E-state index contributed by atoms with van der Waals surface area (Å²) in [6.45, 7) is 2.22. The van der Waals surface area contributed by atoms with Gasteiger partial charge in [-0.05, 0) is 47.9 Å². The fourth-order valence-corrected chi connectivity index (χ4v) is 4.63. The lowest BCUT2D eigenvalue weighted by Gasteiger charge is -2.35. The number of aromatic nitrogens is 4. The van der Waals surface area contributed by atoms with Gasteiger partial charge >= 0.3 is 6.18 Å². The molecule has 1 aliphatic rings. The van der Waals surface area contributed by atoms with Crippen LogP contribution in [0.1, 0.15) is 5.82 Å². The van der Waals surface area contributed by atoms with Gasteiger partial charge in [0, 0.05) is 36.6 Å². The fourth-order valence-electron chi connectivity index (χ4n) is 3.71.